The van der Waals surface area contributed by atoms with Crippen LogP contribution in [0.15, 0.2) is 12.2 Å². The number of unbranched alkanes of at least 4 members (excludes halogenated alkanes) is 1. The van der Waals surface area contributed by atoms with Crippen LogP contribution in [0.2, 0.25) is 4.55 Å². The van der Waals surface area contributed by atoms with E-state index in [1.165, 1.54) is 11.0 Å². The number of ether oxygens (including phenoxy) is 2. The van der Waals surface area contributed by atoms with Crippen LogP contribution in [0.4, 0.5) is 0 Å². The molecule has 86 valence electrons. The summed E-state index contributed by atoms with van der Waals surface area (Å²) in [6.45, 7) is 4.15. The van der Waals surface area contributed by atoms with Gasteiger partial charge in [0.2, 0.25) is 0 Å². The van der Waals surface area contributed by atoms with Gasteiger partial charge in [0.25, 0.3) is 0 Å². The number of halogens is 1. The summed E-state index contributed by atoms with van der Waals surface area (Å²) in [7, 11) is 5.69. The Kier molecular flexibility index (Phi) is 15.4. The number of hydrogen-bond acceptors (Lipinski definition) is 2. The minimum absolute atomic E-state index is 0.272. The van der Waals surface area contributed by atoms with Crippen LogP contribution < -0.4 is 0 Å². The van der Waals surface area contributed by atoms with Crippen LogP contribution in [0.3, 0.4) is 0 Å². The van der Waals surface area contributed by atoms with Crippen LogP contribution in [-0.4, -0.2) is 39.3 Å². The molecule has 0 amide bonds. The molecule has 0 aromatic carbocycles. The van der Waals surface area contributed by atoms with Crippen molar-refractivity contribution in [2.75, 3.05) is 20.0 Å². The largest absolute Gasteiger partial charge is 0.501 e. The number of allylic oxidation sites excluding steroid dienone is 1. The molecular formula is C11H21ClMgO2. The first-order valence-corrected chi connectivity index (χ1v) is 8.92. The molecule has 0 fully saturated rings. The molecule has 0 aliphatic carbocycles. The van der Waals surface area contributed by atoms with E-state index in [0.717, 1.165) is 32.5 Å². The first-order chi connectivity index (χ1) is 7.41. The third-order valence-electron chi connectivity index (χ3n) is 1.91. The molecule has 0 aliphatic rings. The molecule has 0 bridgehead atoms. The zero-order valence-corrected chi connectivity index (χ0v) is 11.9. The highest BCUT2D eigenvalue weighted by molar-refractivity contribution is 6.93. The van der Waals surface area contributed by atoms with Crippen LogP contribution in [0.25, 0.3) is 0 Å². The van der Waals surface area contributed by atoms with Crippen molar-refractivity contribution in [3.8, 4) is 0 Å². The smallest absolute Gasteiger partial charge is 0.355 e. The lowest BCUT2D eigenvalue weighted by atomic mass is 10.3. The van der Waals surface area contributed by atoms with E-state index in [2.05, 4.69) is 19.1 Å². The lowest BCUT2D eigenvalue weighted by Gasteiger charge is -2.03. The molecule has 0 saturated carbocycles. The van der Waals surface area contributed by atoms with E-state index in [9.17, 15) is 0 Å². The maximum atomic E-state index is 5.69. The van der Waals surface area contributed by atoms with E-state index in [4.69, 9.17) is 18.5 Å². The molecule has 0 atom stereocenters. The van der Waals surface area contributed by atoms with Gasteiger partial charge in [-0.05, 0) is 12.8 Å². The second-order valence-electron chi connectivity index (χ2n) is 3.38. The summed E-state index contributed by atoms with van der Waals surface area (Å²) in [5.74, 6) is 0. The van der Waals surface area contributed by atoms with Crippen molar-refractivity contribution in [3.05, 3.63) is 12.2 Å². The van der Waals surface area contributed by atoms with Crippen molar-refractivity contribution >= 4 is 28.3 Å². The fraction of sp³-hybridized carbons (Fsp3) is 0.818. The quantitative estimate of drug-likeness (QED) is 0.240. The SMILES string of the molecule is CCCCOCOCC/C=C\C[CH2][Mg][Cl]. The summed E-state index contributed by atoms with van der Waals surface area (Å²) in [6, 6.07) is 0. The van der Waals surface area contributed by atoms with Crippen molar-refractivity contribution in [3.63, 3.8) is 0 Å². The van der Waals surface area contributed by atoms with Crippen molar-refractivity contribution in [2.24, 2.45) is 0 Å². The van der Waals surface area contributed by atoms with Crippen LogP contribution in [0.1, 0.15) is 32.6 Å². The molecular weight excluding hydrogens is 224 g/mol. The van der Waals surface area contributed by atoms with Gasteiger partial charge >= 0.3 is 19.3 Å². The van der Waals surface area contributed by atoms with Crippen molar-refractivity contribution in [1.82, 2.24) is 0 Å². The fourth-order valence-electron chi connectivity index (χ4n) is 1.01. The van der Waals surface area contributed by atoms with E-state index in [1.54, 1.807) is 0 Å². The summed E-state index contributed by atoms with van der Waals surface area (Å²) in [4.78, 5) is 0. The average molecular weight is 245 g/mol. The third kappa shape index (κ3) is 14.7. The predicted octanol–water partition coefficient (Wildman–Crippen LogP) is 3.39. The normalized spacial score (nSPS) is 10.8. The van der Waals surface area contributed by atoms with E-state index in [1.807, 2.05) is 0 Å². The van der Waals surface area contributed by atoms with E-state index < -0.39 is 0 Å². The highest BCUT2D eigenvalue weighted by Gasteiger charge is 1.88. The molecule has 15 heavy (non-hydrogen) atoms. The fourth-order valence-corrected chi connectivity index (χ4v) is 1.86. The van der Waals surface area contributed by atoms with Crippen molar-refractivity contribution in [2.45, 2.75) is 37.2 Å². The first kappa shape index (κ1) is 15.7. The molecule has 0 saturated heterocycles. The Bertz CT molecular complexity index is 143. The average Bonchev–Trinajstić information content (AvgIpc) is 2.26. The summed E-state index contributed by atoms with van der Waals surface area (Å²) >= 11 is -0.272. The van der Waals surface area contributed by atoms with Gasteiger partial charge in [0.1, 0.15) is 6.79 Å². The first-order valence-electron chi connectivity index (χ1n) is 5.78. The molecule has 0 aromatic rings. The van der Waals surface area contributed by atoms with Gasteiger partial charge in [0.05, 0.1) is 6.61 Å². The maximum absolute atomic E-state index is 5.69. The van der Waals surface area contributed by atoms with Gasteiger partial charge in [-0.15, -0.1) is 4.55 Å². The molecule has 4 heteroatoms. The molecule has 0 aliphatic heterocycles. The molecule has 0 aromatic heterocycles. The third-order valence-corrected chi connectivity index (χ3v) is 3.39. The Morgan fingerprint density at radius 2 is 1.87 bits per heavy atom. The highest BCUT2D eigenvalue weighted by atomic mass is 35.5. The molecule has 0 N–H and O–H groups in total. The Hall–Kier alpha value is 0.716. The minimum Gasteiger partial charge on any atom is -0.355 e. The van der Waals surface area contributed by atoms with Gasteiger partial charge < -0.3 is 18.5 Å². The summed E-state index contributed by atoms with van der Waals surface area (Å²) < 4.78 is 11.8. The zero-order chi connectivity index (χ0) is 11.2. The van der Waals surface area contributed by atoms with Crippen molar-refractivity contribution in [1.29, 1.82) is 0 Å². The van der Waals surface area contributed by atoms with Gasteiger partial charge in [-0.25, -0.2) is 0 Å². The van der Waals surface area contributed by atoms with Gasteiger partial charge in [0.15, 0.2) is 0 Å². The molecule has 0 heterocycles. The van der Waals surface area contributed by atoms with Gasteiger partial charge in [-0.1, -0.05) is 31.9 Å². The predicted molar refractivity (Wildman–Crippen MR) is 66.5 cm³/mol. The summed E-state index contributed by atoms with van der Waals surface area (Å²) in [6.07, 6.45) is 8.74. The van der Waals surface area contributed by atoms with Crippen LogP contribution in [0, 0.1) is 0 Å². The van der Waals surface area contributed by atoms with Crippen LogP contribution in [0.5, 0.6) is 0 Å². The van der Waals surface area contributed by atoms with Crippen molar-refractivity contribution < 1.29 is 9.47 Å². The lowest BCUT2D eigenvalue weighted by molar-refractivity contribution is -0.0528. The molecule has 2 nitrogen and oxygen atoms in total. The van der Waals surface area contributed by atoms with E-state index >= 15 is 0 Å². The number of hydrogen-bond donors (Lipinski definition) is 0. The highest BCUT2D eigenvalue weighted by Crippen LogP contribution is 1.95. The topological polar surface area (TPSA) is 18.5 Å². The second-order valence-corrected chi connectivity index (χ2v) is 5.60. The second kappa shape index (κ2) is 14.7. The van der Waals surface area contributed by atoms with Gasteiger partial charge in [-0.3, -0.25) is 0 Å². The lowest BCUT2D eigenvalue weighted by Crippen LogP contribution is -2.02. The maximum Gasteiger partial charge on any atom is 0.501 e. The monoisotopic (exact) mass is 244 g/mol. The van der Waals surface area contributed by atoms with E-state index in [-0.39, 0.29) is 19.3 Å². The van der Waals surface area contributed by atoms with Crippen LogP contribution in [-0.2, 0) is 9.47 Å². The van der Waals surface area contributed by atoms with E-state index in [0.29, 0.717) is 6.79 Å². The molecule has 0 unspecified atom stereocenters. The molecule has 0 spiro atoms. The van der Waals surface area contributed by atoms with Gasteiger partial charge in [0, 0.05) is 6.61 Å². The van der Waals surface area contributed by atoms with Gasteiger partial charge in [-0.2, -0.15) is 0 Å². The summed E-state index contributed by atoms with van der Waals surface area (Å²) in [5.41, 5.74) is 0. The molecule has 0 radical (unpaired) electrons. The Morgan fingerprint density at radius 3 is 2.60 bits per heavy atom. The Balaban J connectivity index is 2.95. The Labute approximate surface area is 107 Å². The number of rotatable bonds is 11. The summed E-state index contributed by atoms with van der Waals surface area (Å²) in [5, 5.41) is 0. The van der Waals surface area contributed by atoms with Crippen LogP contribution >= 0.6 is 9.07 Å². The zero-order valence-electron chi connectivity index (χ0n) is 9.71. The minimum atomic E-state index is -0.272. The molecule has 0 rings (SSSR count). The Morgan fingerprint density at radius 1 is 1.13 bits per heavy atom. The standard InChI is InChI=1S/C11H21O2.ClH.Mg/c1-3-5-7-8-10-13-11-12-9-6-4-2;;/h5,7H,1,3-4,6,8-11H2,2H3;1H;/q;;+1/p-1/b7-5-;;.